The minimum Gasteiger partial charge on any atom is -0.465 e. The summed E-state index contributed by atoms with van der Waals surface area (Å²) in [5.41, 5.74) is -0.831. The summed E-state index contributed by atoms with van der Waals surface area (Å²) >= 11 is 0. The van der Waals surface area contributed by atoms with Gasteiger partial charge in [0.2, 0.25) is 0 Å². The van der Waals surface area contributed by atoms with Crippen LogP contribution in [0.4, 0.5) is 39.5 Å². The van der Waals surface area contributed by atoms with Crippen molar-refractivity contribution < 1.29 is 71.1 Å². The van der Waals surface area contributed by atoms with Crippen molar-refractivity contribution in [1.29, 1.82) is 0 Å². The Bertz CT molecular complexity index is 1400. The van der Waals surface area contributed by atoms with Gasteiger partial charge in [-0.3, -0.25) is 0 Å². The molecule has 2 aliphatic carbocycles. The molecule has 0 spiro atoms. The fourth-order valence-corrected chi connectivity index (χ4v) is 7.63. The first-order valence-electron chi connectivity index (χ1n) is 15.3. The molecule has 2 heterocycles. The summed E-state index contributed by atoms with van der Waals surface area (Å²) in [7, 11) is -7.16. The van der Waals surface area contributed by atoms with Gasteiger partial charge in [0.1, 0.15) is 11.5 Å². The van der Waals surface area contributed by atoms with Crippen LogP contribution in [-0.4, -0.2) is 63.6 Å². The van der Waals surface area contributed by atoms with Gasteiger partial charge in [0.15, 0.2) is 12.6 Å². The van der Waals surface area contributed by atoms with E-state index in [1.54, 1.807) is 6.92 Å². The van der Waals surface area contributed by atoms with E-state index >= 15 is 0 Å². The van der Waals surface area contributed by atoms with Gasteiger partial charge in [0.05, 0.1) is 12.7 Å². The Labute approximate surface area is 265 Å². The zero-order valence-electron chi connectivity index (χ0n) is 25.3. The minimum absolute atomic E-state index is 0.0206. The van der Waals surface area contributed by atoms with E-state index in [0.29, 0.717) is 44.6 Å². The topological polar surface area (TPSA) is 80.3 Å². The van der Waals surface area contributed by atoms with E-state index in [1.165, 1.54) is 24.3 Å². The van der Waals surface area contributed by atoms with Crippen molar-refractivity contribution in [3.8, 4) is 5.75 Å². The average molecular weight is 711 g/mol. The molecule has 2 saturated heterocycles. The molecular weight excluding hydrogens is 675 g/mol. The molecule has 2 unspecified atom stereocenters. The van der Waals surface area contributed by atoms with Gasteiger partial charge in [-0.1, -0.05) is 19.1 Å². The summed E-state index contributed by atoms with van der Waals surface area (Å²) in [4.78, 5) is 0. The van der Waals surface area contributed by atoms with E-state index in [2.05, 4.69) is 4.18 Å². The molecule has 2 aliphatic heterocycles. The number of alkyl halides is 9. The van der Waals surface area contributed by atoms with Gasteiger partial charge in [-0.2, -0.15) is 47.9 Å². The van der Waals surface area contributed by atoms with Gasteiger partial charge in [-0.15, -0.1) is 0 Å². The number of ether oxygens (including phenoxy) is 4. The Morgan fingerprint density at radius 1 is 0.787 bits per heavy atom. The molecular formula is C30H35F9O7S. The number of allylic oxidation sites excluding steroid dienone is 2. The summed E-state index contributed by atoms with van der Waals surface area (Å²) in [6.07, 6.45) is -3.93. The molecule has 1 aromatic carbocycles. The Morgan fingerprint density at radius 2 is 1.38 bits per heavy atom. The van der Waals surface area contributed by atoms with Crippen molar-refractivity contribution in [2.75, 3.05) is 13.2 Å². The third-order valence-corrected chi connectivity index (χ3v) is 10.8. The van der Waals surface area contributed by atoms with E-state index in [1.807, 2.05) is 0 Å². The standard InChI is InChI=1S/C30H35F9O7S/c1-26-17-22(46-47(40,41)30(38,39)28(33,34)27(31,32)29(35,36)37)21(16-19(26)10-13-23(26)45-25-7-3-5-15-43-25)18-8-11-20(12-9-18)44-24-6-2-4-14-42-24/h8-9,11-12,19,23-25H,2-7,10,13-17H2,1H3/t19-,23-,24?,25?,26-/m0/s1. The summed E-state index contributed by atoms with van der Waals surface area (Å²) in [6.45, 7) is 2.60. The Hall–Kier alpha value is -2.24. The smallest absolute Gasteiger partial charge is 0.460 e. The van der Waals surface area contributed by atoms with Crippen LogP contribution in [0.2, 0.25) is 0 Å². The predicted octanol–water partition coefficient (Wildman–Crippen LogP) is 8.20. The second-order valence-electron chi connectivity index (χ2n) is 12.6. The predicted molar refractivity (Wildman–Crippen MR) is 147 cm³/mol. The average Bonchev–Trinajstić information content (AvgIpc) is 3.31. The lowest BCUT2D eigenvalue weighted by Crippen LogP contribution is -2.63. The molecule has 47 heavy (non-hydrogen) atoms. The fraction of sp³-hybridized carbons (Fsp3) is 0.733. The highest BCUT2D eigenvalue weighted by atomic mass is 32.2. The van der Waals surface area contributed by atoms with Crippen molar-refractivity contribution in [1.82, 2.24) is 0 Å². The summed E-state index contributed by atoms with van der Waals surface area (Å²) < 4.78 is 177. The van der Waals surface area contributed by atoms with Crippen LogP contribution >= 0.6 is 0 Å². The lowest BCUT2D eigenvalue weighted by Gasteiger charge is -2.43. The van der Waals surface area contributed by atoms with Crippen LogP contribution in [0.25, 0.3) is 5.57 Å². The minimum atomic E-state index is -7.42. The highest BCUT2D eigenvalue weighted by Gasteiger charge is 2.86. The van der Waals surface area contributed by atoms with Crippen molar-refractivity contribution in [2.45, 2.75) is 113 Å². The van der Waals surface area contributed by atoms with Gasteiger partial charge < -0.3 is 23.1 Å². The zero-order valence-corrected chi connectivity index (χ0v) is 26.1. The van der Waals surface area contributed by atoms with Crippen LogP contribution in [0.1, 0.15) is 76.7 Å². The molecule has 0 radical (unpaired) electrons. The van der Waals surface area contributed by atoms with E-state index < -0.39 is 69.7 Å². The third kappa shape index (κ3) is 6.70. The first kappa shape index (κ1) is 36.1. The van der Waals surface area contributed by atoms with Gasteiger partial charge in [-0.05, 0) is 80.6 Å². The number of fused-ring (bicyclic) bond motifs is 1. The molecule has 1 aromatic rings. The molecule has 266 valence electrons. The number of hydrogen-bond donors (Lipinski definition) is 0. The maximum atomic E-state index is 14.8. The van der Waals surface area contributed by atoms with Crippen LogP contribution in [0.3, 0.4) is 0 Å². The third-order valence-electron chi connectivity index (χ3n) is 9.48. The molecule has 5 atom stereocenters. The zero-order chi connectivity index (χ0) is 34.5. The second-order valence-corrected chi connectivity index (χ2v) is 14.2. The quantitative estimate of drug-likeness (QED) is 0.179. The van der Waals surface area contributed by atoms with Gasteiger partial charge in [0.25, 0.3) is 0 Å². The van der Waals surface area contributed by atoms with Gasteiger partial charge in [0, 0.05) is 24.9 Å². The monoisotopic (exact) mass is 710 g/mol. The maximum absolute atomic E-state index is 14.8. The van der Waals surface area contributed by atoms with E-state index in [9.17, 15) is 47.9 Å². The molecule has 0 aromatic heterocycles. The summed E-state index contributed by atoms with van der Waals surface area (Å²) in [5.74, 6) is -15.5. The fourth-order valence-electron chi connectivity index (χ4n) is 6.66. The molecule has 1 saturated carbocycles. The molecule has 4 aliphatic rings. The Morgan fingerprint density at radius 3 is 1.94 bits per heavy atom. The molecule has 7 nitrogen and oxygen atoms in total. The molecule has 5 rings (SSSR count). The largest absolute Gasteiger partial charge is 0.465 e. The molecule has 0 amide bonds. The lowest BCUT2D eigenvalue weighted by molar-refractivity contribution is -0.382. The van der Waals surface area contributed by atoms with Crippen LogP contribution in [0.5, 0.6) is 5.75 Å². The van der Waals surface area contributed by atoms with Gasteiger partial charge in [-0.25, -0.2) is 0 Å². The second kappa shape index (κ2) is 12.9. The van der Waals surface area contributed by atoms with Crippen molar-refractivity contribution >= 4 is 15.7 Å². The van der Waals surface area contributed by atoms with Crippen LogP contribution in [-0.2, 0) is 28.5 Å². The van der Waals surface area contributed by atoms with Gasteiger partial charge >= 0.3 is 33.4 Å². The number of hydrogen-bond acceptors (Lipinski definition) is 7. The van der Waals surface area contributed by atoms with E-state index in [0.717, 1.165) is 25.7 Å². The Balaban J connectivity index is 1.49. The van der Waals surface area contributed by atoms with Crippen molar-refractivity contribution in [3.05, 3.63) is 35.6 Å². The normalized spacial score (nSPS) is 29.8. The van der Waals surface area contributed by atoms with Crippen LogP contribution in [0.15, 0.2) is 30.0 Å². The SMILES string of the molecule is C[C@]12CC(OS(=O)(=O)C(F)(F)C(F)(F)C(F)(F)C(F)(F)F)=C(c3ccc(OC4CCCCO4)cc3)C[C@@H]1CC[C@@H]2OC1CCCCO1. The van der Waals surface area contributed by atoms with Crippen molar-refractivity contribution in [2.24, 2.45) is 11.3 Å². The van der Waals surface area contributed by atoms with Crippen LogP contribution < -0.4 is 4.74 Å². The number of benzene rings is 1. The number of halogens is 9. The first-order chi connectivity index (χ1) is 21.8. The van der Waals surface area contributed by atoms with Crippen LogP contribution in [0, 0.1) is 11.3 Å². The summed E-state index contributed by atoms with van der Waals surface area (Å²) in [5, 5.41) is -6.99. The molecule has 0 N–H and O–H groups in total. The molecule has 0 bridgehead atoms. The summed E-state index contributed by atoms with van der Waals surface area (Å²) in [6, 6.07) is 5.84. The first-order valence-corrected chi connectivity index (χ1v) is 16.7. The highest BCUT2D eigenvalue weighted by Crippen LogP contribution is 2.59. The number of rotatable bonds is 10. The molecule has 17 heteroatoms. The van der Waals surface area contributed by atoms with Crippen molar-refractivity contribution in [3.63, 3.8) is 0 Å². The Kier molecular flexibility index (Phi) is 9.89. The van der Waals surface area contributed by atoms with E-state index in [-0.39, 0.29) is 23.5 Å². The molecule has 3 fully saturated rings. The lowest BCUT2D eigenvalue weighted by atomic mass is 9.67. The highest BCUT2D eigenvalue weighted by molar-refractivity contribution is 7.88. The van der Waals surface area contributed by atoms with E-state index in [4.69, 9.17) is 18.9 Å². The maximum Gasteiger partial charge on any atom is 0.460 e.